The zero-order valence-corrected chi connectivity index (χ0v) is 7.36. The predicted molar refractivity (Wildman–Crippen MR) is 45.1 cm³/mol. The van der Waals surface area contributed by atoms with E-state index in [1.807, 2.05) is 0 Å². The molecule has 2 N–H and O–H groups in total. The Morgan fingerprint density at radius 1 is 1.69 bits per heavy atom. The van der Waals surface area contributed by atoms with Gasteiger partial charge in [-0.15, -0.1) is 10.2 Å². The van der Waals surface area contributed by atoms with Crippen LogP contribution in [0.25, 0.3) is 0 Å². The highest BCUT2D eigenvalue weighted by Crippen LogP contribution is 2.19. The first-order chi connectivity index (χ1) is 6.29. The highest BCUT2D eigenvalue weighted by molar-refractivity contribution is 4.93. The number of nitrogens with one attached hydrogen (secondary N) is 1. The maximum absolute atomic E-state index is 10.1. The number of nitrogens with zero attached hydrogens (tertiary/aromatic N) is 2. The van der Waals surface area contributed by atoms with Crippen LogP contribution in [0.5, 0.6) is 0 Å². The van der Waals surface area contributed by atoms with Crippen molar-refractivity contribution in [3.05, 3.63) is 12.3 Å². The second-order valence-electron chi connectivity index (χ2n) is 3.51. The quantitative estimate of drug-likeness (QED) is 0.660. The van der Waals surface area contributed by atoms with Crippen LogP contribution >= 0.6 is 0 Å². The predicted octanol–water partition coefficient (Wildman–Crippen LogP) is -0.273. The fraction of sp³-hybridized carbons (Fsp3) is 0.750. The van der Waals surface area contributed by atoms with Crippen molar-refractivity contribution in [2.75, 3.05) is 13.1 Å². The molecule has 0 amide bonds. The Morgan fingerprint density at radius 2 is 2.62 bits per heavy atom. The summed E-state index contributed by atoms with van der Waals surface area (Å²) in [4.78, 5) is 0. The summed E-state index contributed by atoms with van der Waals surface area (Å²) in [5.41, 5.74) is -0.704. The van der Waals surface area contributed by atoms with E-state index in [1.165, 1.54) is 6.39 Å². The van der Waals surface area contributed by atoms with Crippen molar-refractivity contribution in [1.29, 1.82) is 0 Å². The Kier molecular flexibility index (Phi) is 2.28. The summed E-state index contributed by atoms with van der Waals surface area (Å²) in [5, 5.41) is 20.5. The van der Waals surface area contributed by atoms with Gasteiger partial charge in [0.05, 0.1) is 12.0 Å². The molecule has 1 aromatic heterocycles. The zero-order chi connectivity index (χ0) is 9.15. The molecule has 1 atom stereocenters. The van der Waals surface area contributed by atoms with Crippen molar-refractivity contribution >= 4 is 0 Å². The van der Waals surface area contributed by atoms with Gasteiger partial charge in [0.15, 0.2) is 0 Å². The molecule has 0 bridgehead atoms. The van der Waals surface area contributed by atoms with Gasteiger partial charge in [0.1, 0.15) is 0 Å². The molecule has 0 spiro atoms. The van der Waals surface area contributed by atoms with Gasteiger partial charge >= 0.3 is 0 Å². The standard InChI is InChI=1S/C8H13N3O2/c12-8(2-1-3-9-5-8)4-7-11-10-6-13-7/h6,9,12H,1-5H2. The molecule has 1 aromatic rings. The topological polar surface area (TPSA) is 71.2 Å². The third kappa shape index (κ3) is 2.05. The molecule has 0 aromatic carbocycles. The molecule has 5 heteroatoms. The molecular formula is C8H13N3O2. The molecule has 1 unspecified atom stereocenters. The molecule has 2 rings (SSSR count). The Morgan fingerprint density at radius 3 is 3.23 bits per heavy atom. The molecule has 13 heavy (non-hydrogen) atoms. The minimum Gasteiger partial charge on any atom is -0.428 e. The zero-order valence-electron chi connectivity index (χ0n) is 7.36. The van der Waals surface area contributed by atoms with E-state index in [1.54, 1.807) is 0 Å². The smallest absolute Gasteiger partial charge is 0.219 e. The van der Waals surface area contributed by atoms with Gasteiger partial charge in [0.2, 0.25) is 12.3 Å². The van der Waals surface area contributed by atoms with Crippen LogP contribution in [0.1, 0.15) is 18.7 Å². The van der Waals surface area contributed by atoms with Crippen LogP contribution in [0.3, 0.4) is 0 Å². The first kappa shape index (κ1) is 8.65. The van der Waals surface area contributed by atoms with E-state index in [2.05, 4.69) is 15.5 Å². The van der Waals surface area contributed by atoms with Gasteiger partial charge in [-0.1, -0.05) is 0 Å². The Bertz CT molecular complexity index is 254. The summed E-state index contributed by atoms with van der Waals surface area (Å²) in [6, 6.07) is 0. The van der Waals surface area contributed by atoms with Crippen LogP contribution in [-0.4, -0.2) is 34.0 Å². The molecule has 1 aliphatic heterocycles. The van der Waals surface area contributed by atoms with Crippen molar-refractivity contribution in [3.63, 3.8) is 0 Å². The van der Waals surface area contributed by atoms with Crippen molar-refractivity contribution in [1.82, 2.24) is 15.5 Å². The maximum atomic E-state index is 10.1. The number of hydrogen-bond acceptors (Lipinski definition) is 5. The van der Waals surface area contributed by atoms with Crippen molar-refractivity contribution in [3.8, 4) is 0 Å². The lowest BCUT2D eigenvalue weighted by molar-refractivity contribution is 0.0114. The summed E-state index contributed by atoms with van der Waals surface area (Å²) in [6.07, 6.45) is 3.52. The van der Waals surface area contributed by atoms with E-state index in [-0.39, 0.29) is 0 Å². The monoisotopic (exact) mass is 183 g/mol. The molecule has 72 valence electrons. The van der Waals surface area contributed by atoms with Crippen LogP contribution in [0, 0.1) is 0 Å². The van der Waals surface area contributed by atoms with Gasteiger partial charge in [0.25, 0.3) is 0 Å². The van der Waals surface area contributed by atoms with Gasteiger partial charge in [-0.2, -0.15) is 0 Å². The fourth-order valence-electron chi connectivity index (χ4n) is 1.66. The maximum Gasteiger partial charge on any atom is 0.219 e. The van der Waals surface area contributed by atoms with E-state index in [0.29, 0.717) is 18.9 Å². The van der Waals surface area contributed by atoms with E-state index in [0.717, 1.165) is 19.4 Å². The minimum atomic E-state index is -0.704. The number of piperidine rings is 1. The lowest BCUT2D eigenvalue weighted by Gasteiger charge is -2.31. The third-order valence-corrected chi connectivity index (χ3v) is 2.34. The summed E-state index contributed by atoms with van der Waals surface area (Å²) >= 11 is 0. The van der Waals surface area contributed by atoms with Gasteiger partial charge in [0, 0.05) is 6.54 Å². The molecule has 2 heterocycles. The van der Waals surface area contributed by atoms with E-state index in [9.17, 15) is 5.11 Å². The van der Waals surface area contributed by atoms with Crippen LogP contribution in [-0.2, 0) is 6.42 Å². The first-order valence-corrected chi connectivity index (χ1v) is 4.47. The number of aliphatic hydroxyl groups is 1. The third-order valence-electron chi connectivity index (χ3n) is 2.34. The SMILES string of the molecule is OC1(Cc2nnco2)CCCNC1. The van der Waals surface area contributed by atoms with E-state index >= 15 is 0 Å². The van der Waals surface area contributed by atoms with Crippen LogP contribution in [0.2, 0.25) is 0 Å². The Hall–Kier alpha value is -0.940. The normalized spacial score (nSPS) is 29.0. The lowest BCUT2D eigenvalue weighted by atomic mass is 9.91. The average Bonchev–Trinajstić information content (AvgIpc) is 2.57. The molecule has 0 radical (unpaired) electrons. The Balaban J connectivity index is 1.99. The molecule has 1 fully saturated rings. The number of rotatable bonds is 2. The number of β-amino-alcohol motifs (C(OH)–C–C–N with tert-alkyl or cyclic N) is 1. The largest absolute Gasteiger partial charge is 0.428 e. The highest BCUT2D eigenvalue weighted by Gasteiger charge is 2.31. The average molecular weight is 183 g/mol. The lowest BCUT2D eigenvalue weighted by Crippen LogP contribution is -2.47. The Labute approximate surface area is 76.2 Å². The molecule has 0 aliphatic carbocycles. The second-order valence-corrected chi connectivity index (χ2v) is 3.51. The van der Waals surface area contributed by atoms with Gasteiger partial charge in [-0.25, -0.2) is 0 Å². The molecule has 1 aliphatic rings. The summed E-state index contributed by atoms with van der Waals surface area (Å²) in [5.74, 6) is 0.506. The molecule has 0 saturated carbocycles. The summed E-state index contributed by atoms with van der Waals surface area (Å²) in [6.45, 7) is 1.58. The first-order valence-electron chi connectivity index (χ1n) is 4.47. The molecule has 1 saturated heterocycles. The molecular weight excluding hydrogens is 170 g/mol. The van der Waals surface area contributed by atoms with E-state index in [4.69, 9.17) is 4.42 Å². The van der Waals surface area contributed by atoms with Crippen molar-refractivity contribution in [2.24, 2.45) is 0 Å². The van der Waals surface area contributed by atoms with Crippen molar-refractivity contribution < 1.29 is 9.52 Å². The summed E-state index contributed by atoms with van der Waals surface area (Å²) < 4.78 is 4.99. The fourth-order valence-corrected chi connectivity index (χ4v) is 1.66. The summed E-state index contributed by atoms with van der Waals surface area (Å²) in [7, 11) is 0. The number of hydrogen-bond donors (Lipinski definition) is 2. The van der Waals surface area contributed by atoms with Gasteiger partial charge in [-0.3, -0.25) is 0 Å². The van der Waals surface area contributed by atoms with Crippen molar-refractivity contribution in [2.45, 2.75) is 24.9 Å². The van der Waals surface area contributed by atoms with Gasteiger partial charge in [-0.05, 0) is 19.4 Å². The van der Waals surface area contributed by atoms with Crippen LogP contribution in [0.15, 0.2) is 10.8 Å². The highest BCUT2D eigenvalue weighted by atomic mass is 16.4. The second kappa shape index (κ2) is 3.43. The van der Waals surface area contributed by atoms with Crippen LogP contribution < -0.4 is 5.32 Å². The van der Waals surface area contributed by atoms with E-state index < -0.39 is 5.60 Å². The molecule has 5 nitrogen and oxygen atoms in total. The minimum absolute atomic E-state index is 0.444. The van der Waals surface area contributed by atoms with Gasteiger partial charge < -0.3 is 14.8 Å². The van der Waals surface area contributed by atoms with Crippen LogP contribution in [0.4, 0.5) is 0 Å². The number of aromatic nitrogens is 2.